The second-order valence-corrected chi connectivity index (χ2v) is 4.00. The van der Waals surface area contributed by atoms with Crippen molar-refractivity contribution < 1.29 is 0 Å². The molecule has 0 spiro atoms. The Labute approximate surface area is 88.5 Å². The van der Waals surface area contributed by atoms with E-state index in [2.05, 4.69) is 51.0 Å². The van der Waals surface area contributed by atoms with E-state index in [1.165, 1.54) is 18.5 Å². The highest BCUT2D eigenvalue weighted by Gasteiger charge is 1.93. The summed E-state index contributed by atoms with van der Waals surface area (Å²) < 4.78 is 0. The minimum Gasteiger partial charge on any atom is -0.386 e. The molecular formula is C12H24N2. The third-order valence-corrected chi connectivity index (χ3v) is 1.81. The quantitative estimate of drug-likeness (QED) is 0.512. The van der Waals surface area contributed by atoms with Crippen LogP contribution in [0, 0.1) is 0 Å². The van der Waals surface area contributed by atoms with Crippen LogP contribution in [0.25, 0.3) is 0 Å². The van der Waals surface area contributed by atoms with Crippen LogP contribution in [0.4, 0.5) is 0 Å². The van der Waals surface area contributed by atoms with Crippen LogP contribution in [0.2, 0.25) is 0 Å². The van der Waals surface area contributed by atoms with Gasteiger partial charge in [0.15, 0.2) is 0 Å². The molecule has 0 aromatic carbocycles. The molecule has 0 aliphatic carbocycles. The summed E-state index contributed by atoms with van der Waals surface area (Å²) >= 11 is 0. The molecule has 0 rings (SSSR count). The zero-order valence-electron chi connectivity index (χ0n) is 10.2. The zero-order chi connectivity index (χ0) is 11.0. The highest BCUT2D eigenvalue weighted by atomic mass is 14.9. The van der Waals surface area contributed by atoms with E-state index in [-0.39, 0.29) is 0 Å². The molecule has 0 saturated heterocycles. The van der Waals surface area contributed by atoms with E-state index < -0.39 is 0 Å². The van der Waals surface area contributed by atoms with E-state index in [1.807, 2.05) is 0 Å². The van der Waals surface area contributed by atoms with Crippen LogP contribution in [0.3, 0.4) is 0 Å². The van der Waals surface area contributed by atoms with Crippen LogP contribution in [0.5, 0.6) is 0 Å². The Morgan fingerprint density at radius 1 is 1.36 bits per heavy atom. The van der Waals surface area contributed by atoms with Gasteiger partial charge in [-0.25, -0.2) is 0 Å². The third-order valence-electron chi connectivity index (χ3n) is 1.81. The SMILES string of the molecule is CCCC/N=C(C)/C=C(/C)NC(C)C. The first-order chi connectivity index (χ1) is 6.56. The molecular weight excluding hydrogens is 172 g/mol. The number of nitrogens with one attached hydrogen (secondary N) is 1. The van der Waals surface area contributed by atoms with E-state index in [0.29, 0.717) is 6.04 Å². The average Bonchev–Trinajstić information content (AvgIpc) is 2.02. The molecule has 0 unspecified atom stereocenters. The van der Waals surface area contributed by atoms with Gasteiger partial charge in [-0.05, 0) is 40.2 Å². The molecule has 2 heteroatoms. The van der Waals surface area contributed by atoms with Crippen LogP contribution < -0.4 is 5.32 Å². The first kappa shape index (κ1) is 13.2. The topological polar surface area (TPSA) is 24.4 Å². The first-order valence-corrected chi connectivity index (χ1v) is 5.52. The summed E-state index contributed by atoms with van der Waals surface area (Å²) in [7, 11) is 0. The maximum absolute atomic E-state index is 4.46. The standard InChI is InChI=1S/C12H24N2/c1-6-7-8-13-11(4)9-12(5)14-10(2)3/h9-10,14H,6-8H2,1-5H3/b12-9-,13-11+. The highest BCUT2D eigenvalue weighted by molar-refractivity contribution is 5.93. The lowest BCUT2D eigenvalue weighted by Gasteiger charge is -2.09. The lowest BCUT2D eigenvalue weighted by atomic mass is 10.3. The summed E-state index contributed by atoms with van der Waals surface area (Å²) in [5.74, 6) is 0. The number of rotatable bonds is 6. The molecule has 0 aromatic rings. The zero-order valence-corrected chi connectivity index (χ0v) is 10.2. The van der Waals surface area contributed by atoms with Gasteiger partial charge in [-0.15, -0.1) is 0 Å². The van der Waals surface area contributed by atoms with Crippen molar-refractivity contribution in [3.05, 3.63) is 11.8 Å². The molecule has 0 aliphatic rings. The second-order valence-electron chi connectivity index (χ2n) is 4.00. The van der Waals surface area contributed by atoms with Crippen LogP contribution in [-0.4, -0.2) is 18.3 Å². The fourth-order valence-corrected chi connectivity index (χ4v) is 1.27. The van der Waals surface area contributed by atoms with Crippen molar-refractivity contribution in [3.63, 3.8) is 0 Å². The summed E-state index contributed by atoms with van der Waals surface area (Å²) in [6.45, 7) is 11.6. The van der Waals surface area contributed by atoms with Gasteiger partial charge in [-0.2, -0.15) is 0 Å². The number of aliphatic imine (C=N–C) groups is 1. The minimum atomic E-state index is 0.495. The first-order valence-electron chi connectivity index (χ1n) is 5.52. The van der Waals surface area contributed by atoms with Crippen LogP contribution in [-0.2, 0) is 0 Å². The second kappa shape index (κ2) is 7.60. The van der Waals surface area contributed by atoms with Crippen molar-refractivity contribution in [2.24, 2.45) is 4.99 Å². The van der Waals surface area contributed by atoms with Gasteiger partial charge in [0.05, 0.1) is 0 Å². The Bertz CT molecular complexity index is 202. The van der Waals surface area contributed by atoms with Crippen molar-refractivity contribution >= 4 is 5.71 Å². The molecule has 0 atom stereocenters. The molecule has 0 aliphatic heterocycles. The molecule has 0 radical (unpaired) electrons. The Balaban J connectivity index is 3.99. The normalized spacial score (nSPS) is 13.6. The minimum absolute atomic E-state index is 0.495. The van der Waals surface area contributed by atoms with Crippen molar-refractivity contribution in [2.75, 3.05) is 6.54 Å². The number of nitrogens with zero attached hydrogens (tertiary/aromatic N) is 1. The van der Waals surface area contributed by atoms with E-state index >= 15 is 0 Å². The highest BCUT2D eigenvalue weighted by Crippen LogP contribution is 1.94. The molecule has 2 nitrogen and oxygen atoms in total. The monoisotopic (exact) mass is 196 g/mol. The van der Waals surface area contributed by atoms with Gasteiger partial charge < -0.3 is 5.32 Å². The summed E-state index contributed by atoms with van der Waals surface area (Å²) in [5, 5.41) is 3.34. The molecule has 1 N–H and O–H groups in total. The Morgan fingerprint density at radius 2 is 2.00 bits per heavy atom. The van der Waals surface area contributed by atoms with Gasteiger partial charge in [0.2, 0.25) is 0 Å². The fraction of sp³-hybridized carbons (Fsp3) is 0.750. The van der Waals surface area contributed by atoms with E-state index in [9.17, 15) is 0 Å². The van der Waals surface area contributed by atoms with Crippen LogP contribution in [0.1, 0.15) is 47.5 Å². The van der Waals surface area contributed by atoms with Gasteiger partial charge in [0.25, 0.3) is 0 Å². The van der Waals surface area contributed by atoms with Gasteiger partial charge in [-0.3, -0.25) is 4.99 Å². The maximum atomic E-state index is 4.46. The molecule has 82 valence electrons. The van der Waals surface area contributed by atoms with Gasteiger partial charge >= 0.3 is 0 Å². The van der Waals surface area contributed by atoms with Gasteiger partial charge in [0.1, 0.15) is 0 Å². The maximum Gasteiger partial charge on any atom is 0.0392 e. The molecule has 14 heavy (non-hydrogen) atoms. The number of allylic oxidation sites excluding steroid dienone is 2. The predicted octanol–water partition coefficient (Wildman–Crippen LogP) is 3.15. The van der Waals surface area contributed by atoms with Crippen molar-refractivity contribution in [2.45, 2.75) is 53.5 Å². The van der Waals surface area contributed by atoms with Gasteiger partial charge in [-0.1, -0.05) is 13.3 Å². The molecule has 0 amide bonds. The summed E-state index contributed by atoms with van der Waals surface area (Å²) in [4.78, 5) is 4.46. The predicted molar refractivity (Wildman–Crippen MR) is 64.9 cm³/mol. The number of hydrogen-bond donors (Lipinski definition) is 1. The smallest absolute Gasteiger partial charge is 0.0392 e. The van der Waals surface area contributed by atoms with Crippen molar-refractivity contribution in [3.8, 4) is 0 Å². The molecule has 0 bridgehead atoms. The Kier molecular flexibility index (Phi) is 7.17. The van der Waals surface area contributed by atoms with E-state index in [4.69, 9.17) is 0 Å². The average molecular weight is 196 g/mol. The Hall–Kier alpha value is -0.790. The summed E-state index contributed by atoms with van der Waals surface area (Å²) in [5.41, 5.74) is 2.31. The van der Waals surface area contributed by atoms with Crippen LogP contribution >= 0.6 is 0 Å². The molecule has 0 fully saturated rings. The van der Waals surface area contributed by atoms with Gasteiger partial charge in [0, 0.05) is 24.0 Å². The molecule has 0 aromatic heterocycles. The van der Waals surface area contributed by atoms with Crippen molar-refractivity contribution in [1.82, 2.24) is 5.32 Å². The summed E-state index contributed by atoms with van der Waals surface area (Å²) in [6.07, 6.45) is 4.50. The lowest BCUT2D eigenvalue weighted by Crippen LogP contribution is -2.20. The number of unbranched alkanes of at least 4 members (excludes halogenated alkanes) is 1. The lowest BCUT2D eigenvalue weighted by molar-refractivity contribution is 0.670. The number of hydrogen-bond acceptors (Lipinski definition) is 2. The van der Waals surface area contributed by atoms with Crippen molar-refractivity contribution in [1.29, 1.82) is 0 Å². The van der Waals surface area contributed by atoms with Crippen LogP contribution in [0.15, 0.2) is 16.8 Å². The summed E-state index contributed by atoms with van der Waals surface area (Å²) in [6, 6.07) is 0.495. The third kappa shape index (κ3) is 7.84. The van der Waals surface area contributed by atoms with E-state index in [0.717, 1.165) is 12.3 Å². The molecule has 0 saturated carbocycles. The molecule has 0 heterocycles. The fourth-order valence-electron chi connectivity index (χ4n) is 1.27. The van der Waals surface area contributed by atoms with E-state index in [1.54, 1.807) is 0 Å². The Morgan fingerprint density at radius 3 is 2.50 bits per heavy atom. The largest absolute Gasteiger partial charge is 0.386 e.